The van der Waals surface area contributed by atoms with Crippen LogP contribution in [0, 0.1) is 0 Å². The van der Waals surface area contributed by atoms with Crippen molar-refractivity contribution in [3.63, 3.8) is 0 Å². The van der Waals surface area contributed by atoms with Crippen LogP contribution in [0.4, 0.5) is 0 Å². The number of carbonyl (C=O) groups excluding carboxylic acids is 1. The van der Waals surface area contributed by atoms with Crippen molar-refractivity contribution in [1.82, 2.24) is 9.80 Å². The van der Waals surface area contributed by atoms with Crippen LogP contribution in [0.1, 0.15) is 44.9 Å². The quantitative estimate of drug-likeness (QED) is 0.779. The molecule has 2 saturated carbocycles. The Balaban J connectivity index is 1.50. The normalized spacial score (nSPS) is 37.5. The number of hydrogen-bond acceptors (Lipinski definition) is 4. The maximum Gasteiger partial charge on any atom is 0.237 e. The first-order chi connectivity index (χ1) is 9.58. The molecule has 0 spiro atoms. The van der Waals surface area contributed by atoms with Crippen LogP contribution in [0.25, 0.3) is 0 Å². The summed E-state index contributed by atoms with van der Waals surface area (Å²) >= 11 is 0. The molecule has 3 rings (SSSR count). The molecule has 0 aromatic heterocycles. The van der Waals surface area contributed by atoms with Gasteiger partial charge in [-0.1, -0.05) is 12.8 Å². The number of rotatable bonds is 3. The summed E-state index contributed by atoms with van der Waals surface area (Å²) in [6.07, 6.45) is 8.09. The summed E-state index contributed by atoms with van der Waals surface area (Å²) in [5.41, 5.74) is 10.8. The molecule has 4 N–H and O–H groups in total. The Bertz CT molecular complexity index is 361. The van der Waals surface area contributed by atoms with Crippen molar-refractivity contribution in [3.8, 4) is 0 Å². The van der Waals surface area contributed by atoms with Gasteiger partial charge in [0.1, 0.15) is 0 Å². The predicted molar refractivity (Wildman–Crippen MR) is 79.2 cm³/mol. The maximum atomic E-state index is 11.4. The number of nitrogens with zero attached hydrogens (tertiary/aromatic N) is 2. The lowest BCUT2D eigenvalue weighted by Gasteiger charge is -2.40. The van der Waals surface area contributed by atoms with Crippen molar-refractivity contribution >= 4 is 5.91 Å². The van der Waals surface area contributed by atoms with Crippen molar-refractivity contribution in [2.75, 3.05) is 26.2 Å². The molecule has 114 valence electrons. The van der Waals surface area contributed by atoms with Gasteiger partial charge in [-0.15, -0.1) is 0 Å². The van der Waals surface area contributed by atoms with E-state index in [9.17, 15) is 4.79 Å². The van der Waals surface area contributed by atoms with Gasteiger partial charge >= 0.3 is 0 Å². The third-order valence-corrected chi connectivity index (χ3v) is 5.72. The van der Waals surface area contributed by atoms with Gasteiger partial charge in [0, 0.05) is 38.3 Å². The van der Waals surface area contributed by atoms with Crippen molar-refractivity contribution in [2.45, 2.75) is 62.6 Å². The van der Waals surface area contributed by atoms with Crippen LogP contribution < -0.4 is 11.5 Å². The van der Waals surface area contributed by atoms with E-state index in [1.54, 1.807) is 0 Å². The van der Waals surface area contributed by atoms with Gasteiger partial charge in [-0.2, -0.15) is 0 Å². The highest BCUT2D eigenvalue weighted by Gasteiger charge is 2.43. The summed E-state index contributed by atoms with van der Waals surface area (Å²) in [5, 5.41) is 0. The van der Waals surface area contributed by atoms with Crippen LogP contribution in [-0.2, 0) is 4.79 Å². The summed E-state index contributed by atoms with van der Waals surface area (Å²) in [5.74, 6) is -0.329. The Labute approximate surface area is 121 Å². The lowest BCUT2D eigenvalue weighted by atomic mass is 9.98. The molecule has 1 heterocycles. The van der Waals surface area contributed by atoms with Crippen LogP contribution >= 0.6 is 0 Å². The van der Waals surface area contributed by atoms with Gasteiger partial charge in [0.15, 0.2) is 0 Å². The first-order valence-corrected chi connectivity index (χ1v) is 8.15. The van der Waals surface area contributed by atoms with E-state index in [-0.39, 0.29) is 5.91 Å². The zero-order valence-electron chi connectivity index (χ0n) is 12.4. The second-order valence-electron chi connectivity index (χ2n) is 6.93. The molecule has 1 saturated heterocycles. The Morgan fingerprint density at radius 2 is 1.50 bits per heavy atom. The standard InChI is InChI=1S/C15H28N4O/c16-14(20)15(17)6-5-13(11-15)19-9-7-18(8-10-19)12-3-1-2-4-12/h12-13H,1-11,17H2,(H2,16,20). The van der Waals surface area contributed by atoms with Crippen molar-refractivity contribution in [1.29, 1.82) is 0 Å². The van der Waals surface area contributed by atoms with Gasteiger partial charge in [-0.25, -0.2) is 0 Å². The van der Waals surface area contributed by atoms with E-state index in [1.807, 2.05) is 0 Å². The zero-order valence-corrected chi connectivity index (χ0v) is 12.4. The maximum absolute atomic E-state index is 11.4. The third kappa shape index (κ3) is 2.71. The fourth-order valence-corrected chi connectivity index (χ4v) is 4.32. The second-order valence-corrected chi connectivity index (χ2v) is 6.93. The molecule has 20 heavy (non-hydrogen) atoms. The average molecular weight is 280 g/mol. The van der Waals surface area contributed by atoms with Crippen LogP contribution in [-0.4, -0.2) is 59.5 Å². The first-order valence-electron chi connectivity index (χ1n) is 8.15. The molecule has 0 radical (unpaired) electrons. The Hall–Kier alpha value is -0.650. The van der Waals surface area contributed by atoms with E-state index < -0.39 is 5.54 Å². The van der Waals surface area contributed by atoms with Gasteiger partial charge in [0.25, 0.3) is 0 Å². The van der Waals surface area contributed by atoms with Gasteiger partial charge in [-0.3, -0.25) is 14.6 Å². The number of hydrogen-bond donors (Lipinski definition) is 2. The average Bonchev–Trinajstić information content (AvgIpc) is 3.09. The molecule has 3 aliphatic rings. The molecule has 0 aromatic rings. The third-order valence-electron chi connectivity index (χ3n) is 5.72. The topological polar surface area (TPSA) is 75.6 Å². The van der Waals surface area contributed by atoms with Crippen LogP contribution in [0.2, 0.25) is 0 Å². The van der Waals surface area contributed by atoms with Crippen molar-refractivity contribution < 1.29 is 4.79 Å². The summed E-state index contributed by atoms with van der Waals surface area (Å²) in [7, 11) is 0. The largest absolute Gasteiger partial charge is 0.368 e. The van der Waals surface area contributed by atoms with Crippen molar-refractivity contribution in [3.05, 3.63) is 0 Å². The molecule has 1 amide bonds. The second kappa shape index (κ2) is 5.62. The van der Waals surface area contributed by atoms with Crippen molar-refractivity contribution in [2.24, 2.45) is 11.5 Å². The summed E-state index contributed by atoms with van der Waals surface area (Å²) in [6, 6.07) is 1.29. The smallest absolute Gasteiger partial charge is 0.237 e. The van der Waals surface area contributed by atoms with E-state index in [4.69, 9.17) is 11.5 Å². The molecule has 1 aliphatic heterocycles. The highest BCUT2D eigenvalue weighted by atomic mass is 16.1. The fourth-order valence-electron chi connectivity index (χ4n) is 4.32. The van der Waals surface area contributed by atoms with Crippen LogP contribution in [0.5, 0.6) is 0 Å². The van der Waals surface area contributed by atoms with E-state index in [0.29, 0.717) is 6.04 Å². The summed E-state index contributed by atoms with van der Waals surface area (Å²) in [4.78, 5) is 16.6. The lowest BCUT2D eigenvalue weighted by Crippen LogP contribution is -2.54. The molecular formula is C15H28N4O. The van der Waals surface area contributed by atoms with Gasteiger partial charge in [0.05, 0.1) is 5.54 Å². The molecule has 2 aliphatic carbocycles. The number of carbonyl (C=O) groups is 1. The molecule has 2 unspecified atom stereocenters. The molecular weight excluding hydrogens is 252 g/mol. The van der Waals surface area contributed by atoms with E-state index in [2.05, 4.69) is 9.80 Å². The van der Waals surface area contributed by atoms with Crippen LogP contribution in [0.15, 0.2) is 0 Å². The number of amides is 1. The van der Waals surface area contributed by atoms with Crippen LogP contribution in [0.3, 0.4) is 0 Å². The first kappa shape index (κ1) is 14.3. The van der Waals surface area contributed by atoms with Gasteiger partial charge < -0.3 is 11.5 Å². The molecule has 5 nitrogen and oxygen atoms in total. The predicted octanol–water partition coefficient (Wildman–Crippen LogP) is 0.282. The minimum absolute atomic E-state index is 0.329. The Morgan fingerprint density at radius 1 is 0.950 bits per heavy atom. The van der Waals surface area contributed by atoms with E-state index >= 15 is 0 Å². The molecule has 0 bridgehead atoms. The zero-order chi connectivity index (χ0) is 14.2. The highest BCUT2D eigenvalue weighted by Crippen LogP contribution is 2.32. The molecule has 0 aromatic carbocycles. The molecule has 2 atom stereocenters. The summed E-state index contributed by atoms with van der Waals surface area (Å²) in [6.45, 7) is 4.59. The fraction of sp³-hybridized carbons (Fsp3) is 0.933. The monoisotopic (exact) mass is 280 g/mol. The number of piperazine rings is 1. The highest BCUT2D eigenvalue weighted by molar-refractivity contribution is 5.84. The SMILES string of the molecule is NC(=O)C1(N)CCC(N2CCN(C3CCCC3)CC2)C1. The van der Waals surface area contributed by atoms with E-state index in [1.165, 1.54) is 38.8 Å². The number of nitrogens with two attached hydrogens (primary N) is 2. The minimum Gasteiger partial charge on any atom is -0.368 e. The summed E-state index contributed by atoms with van der Waals surface area (Å²) < 4.78 is 0. The minimum atomic E-state index is -0.757. The van der Waals surface area contributed by atoms with Gasteiger partial charge in [-0.05, 0) is 32.1 Å². The lowest BCUT2D eigenvalue weighted by molar-refractivity contribution is -0.123. The molecule has 3 fully saturated rings. The van der Waals surface area contributed by atoms with Gasteiger partial charge in [0.2, 0.25) is 5.91 Å². The Morgan fingerprint density at radius 3 is 2.00 bits per heavy atom. The van der Waals surface area contributed by atoms with E-state index in [0.717, 1.165) is 38.4 Å². The molecule has 5 heteroatoms. The Kier molecular flexibility index (Phi) is 4.02. The number of primary amides is 1.